The number of benzene rings is 3. The molecule has 0 aliphatic carbocycles. The lowest BCUT2D eigenvalue weighted by atomic mass is 10.1. The minimum Gasteiger partial charge on any atom is -0.494 e. The van der Waals surface area contributed by atoms with E-state index in [2.05, 4.69) is 27.6 Å². The molecular formula is C27H28N4O2S. The van der Waals surface area contributed by atoms with Gasteiger partial charge in [0.05, 0.1) is 11.9 Å². The number of carbonyl (C=O) groups is 1. The van der Waals surface area contributed by atoms with E-state index in [9.17, 15) is 4.79 Å². The maximum absolute atomic E-state index is 12.8. The van der Waals surface area contributed by atoms with E-state index < -0.39 is 0 Å². The Balaban J connectivity index is 1.55. The fourth-order valence-corrected chi connectivity index (χ4v) is 4.44. The lowest BCUT2D eigenvalue weighted by molar-refractivity contribution is -0.120. The van der Waals surface area contributed by atoms with E-state index in [1.54, 1.807) is 0 Å². The van der Waals surface area contributed by atoms with Crippen molar-refractivity contribution < 1.29 is 9.53 Å². The van der Waals surface area contributed by atoms with Crippen LogP contribution >= 0.6 is 11.8 Å². The number of hydrogen-bond acceptors (Lipinski definition) is 5. The maximum Gasteiger partial charge on any atom is 0.233 e. The van der Waals surface area contributed by atoms with E-state index in [4.69, 9.17) is 4.74 Å². The Bertz CT molecular complexity index is 1190. The van der Waals surface area contributed by atoms with Crippen LogP contribution in [-0.2, 0) is 17.8 Å². The quantitative estimate of drug-likeness (QED) is 0.327. The Labute approximate surface area is 204 Å². The van der Waals surface area contributed by atoms with Gasteiger partial charge in [-0.1, -0.05) is 72.4 Å². The number of thioether (sulfide) groups is 1. The second kappa shape index (κ2) is 11.5. The molecule has 0 fully saturated rings. The van der Waals surface area contributed by atoms with Gasteiger partial charge in [-0.25, -0.2) is 0 Å². The molecular weight excluding hydrogens is 444 g/mol. The Morgan fingerprint density at radius 3 is 2.24 bits per heavy atom. The third-order valence-corrected chi connectivity index (χ3v) is 6.32. The van der Waals surface area contributed by atoms with E-state index >= 15 is 0 Å². The van der Waals surface area contributed by atoms with Crippen LogP contribution in [0.5, 0.6) is 5.75 Å². The number of carbonyl (C=O) groups excluding carboxylic acids is 1. The largest absolute Gasteiger partial charge is 0.494 e. The summed E-state index contributed by atoms with van der Waals surface area (Å²) in [5.74, 6) is 1.58. The molecule has 1 aromatic heterocycles. The monoisotopic (exact) mass is 472 g/mol. The molecule has 1 atom stereocenters. The average Bonchev–Trinajstić information content (AvgIpc) is 3.26. The fourth-order valence-electron chi connectivity index (χ4n) is 3.53. The van der Waals surface area contributed by atoms with Crippen LogP contribution in [0.15, 0.2) is 90.1 Å². The molecule has 0 bridgehead atoms. The van der Waals surface area contributed by atoms with Crippen molar-refractivity contribution in [3.05, 3.63) is 102 Å². The number of amides is 1. The van der Waals surface area contributed by atoms with E-state index in [0.717, 1.165) is 28.4 Å². The smallest absolute Gasteiger partial charge is 0.233 e. The SMILES string of the molecule is CCOc1ccc(-n2c(Cc3ccccc3)nnc2SC(C)C(=O)NCc2ccccc2)cc1. The van der Waals surface area contributed by atoms with Gasteiger partial charge in [0.1, 0.15) is 11.6 Å². The zero-order valence-electron chi connectivity index (χ0n) is 19.3. The van der Waals surface area contributed by atoms with Gasteiger partial charge in [0.2, 0.25) is 5.91 Å². The average molecular weight is 473 g/mol. The number of hydrogen-bond donors (Lipinski definition) is 1. The highest BCUT2D eigenvalue weighted by Gasteiger charge is 2.21. The summed E-state index contributed by atoms with van der Waals surface area (Å²) in [6.07, 6.45) is 0.635. The van der Waals surface area contributed by atoms with Gasteiger partial charge in [-0.05, 0) is 49.2 Å². The highest BCUT2D eigenvalue weighted by Crippen LogP contribution is 2.28. The molecule has 3 aromatic carbocycles. The third kappa shape index (κ3) is 6.05. The Morgan fingerprint density at radius 2 is 1.59 bits per heavy atom. The predicted molar refractivity (Wildman–Crippen MR) is 135 cm³/mol. The van der Waals surface area contributed by atoms with Crippen molar-refractivity contribution in [2.75, 3.05) is 6.61 Å². The topological polar surface area (TPSA) is 69.0 Å². The first-order valence-corrected chi connectivity index (χ1v) is 12.2. The fraction of sp³-hybridized carbons (Fsp3) is 0.222. The number of ether oxygens (including phenoxy) is 1. The maximum atomic E-state index is 12.8. The highest BCUT2D eigenvalue weighted by atomic mass is 32.2. The lowest BCUT2D eigenvalue weighted by Crippen LogP contribution is -2.30. The van der Waals surface area contributed by atoms with Crippen LogP contribution in [0.1, 0.15) is 30.8 Å². The first-order chi connectivity index (χ1) is 16.6. The van der Waals surface area contributed by atoms with Crippen molar-refractivity contribution in [3.8, 4) is 11.4 Å². The normalized spacial score (nSPS) is 11.7. The number of nitrogens with zero attached hydrogens (tertiary/aromatic N) is 3. The molecule has 4 aromatic rings. The van der Waals surface area contributed by atoms with Crippen LogP contribution in [0.25, 0.3) is 5.69 Å². The Kier molecular flexibility index (Phi) is 7.99. The van der Waals surface area contributed by atoms with Gasteiger partial charge in [-0.2, -0.15) is 0 Å². The molecule has 7 heteroatoms. The molecule has 0 aliphatic heterocycles. The summed E-state index contributed by atoms with van der Waals surface area (Å²) in [5.41, 5.74) is 3.14. The lowest BCUT2D eigenvalue weighted by Gasteiger charge is -2.14. The third-order valence-electron chi connectivity index (χ3n) is 5.27. The van der Waals surface area contributed by atoms with Crippen molar-refractivity contribution in [1.29, 1.82) is 0 Å². The first kappa shape index (κ1) is 23.6. The molecule has 0 saturated heterocycles. The van der Waals surface area contributed by atoms with Crippen LogP contribution in [0, 0.1) is 0 Å². The molecule has 0 spiro atoms. The second-order valence-electron chi connectivity index (χ2n) is 7.79. The predicted octanol–water partition coefficient (Wildman–Crippen LogP) is 5.05. The molecule has 34 heavy (non-hydrogen) atoms. The zero-order valence-corrected chi connectivity index (χ0v) is 20.2. The Morgan fingerprint density at radius 1 is 0.941 bits per heavy atom. The first-order valence-electron chi connectivity index (χ1n) is 11.3. The van der Waals surface area contributed by atoms with Crippen LogP contribution in [-0.4, -0.2) is 32.5 Å². The van der Waals surface area contributed by atoms with Gasteiger partial charge in [-0.3, -0.25) is 9.36 Å². The van der Waals surface area contributed by atoms with Crippen molar-refractivity contribution in [3.63, 3.8) is 0 Å². The molecule has 1 heterocycles. The number of aromatic nitrogens is 3. The van der Waals surface area contributed by atoms with Gasteiger partial charge in [0, 0.05) is 18.7 Å². The van der Waals surface area contributed by atoms with Gasteiger partial charge in [0.25, 0.3) is 0 Å². The summed E-state index contributed by atoms with van der Waals surface area (Å²) in [4.78, 5) is 12.8. The van der Waals surface area contributed by atoms with Gasteiger partial charge < -0.3 is 10.1 Å². The number of nitrogens with one attached hydrogen (secondary N) is 1. The molecule has 0 aliphatic rings. The molecule has 1 N–H and O–H groups in total. The summed E-state index contributed by atoms with van der Waals surface area (Å²) in [7, 11) is 0. The minimum atomic E-state index is -0.334. The minimum absolute atomic E-state index is 0.0419. The highest BCUT2D eigenvalue weighted by molar-refractivity contribution is 8.00. The van der Waals surface area contributed by atoms with Crippen LogP contribution in [0.3, 0.4) is 0 Å². The number of rotatable bonds is 10. The van der Waals surface area contributed by atoms with Crippen molar-refractivity contribution >= 4 is 17.7 Å². The summed E-state index contributed by atoms with van der Waals surface area (Å²) in [6.45, 7) is 4.96. The second-order valence-corrected chi connectivity index (χ2v) is 9.09. The van der Waals surface area contributed by atoms with E-state index in [1.807, 2.05) is 91.2 Å². The van der Waals surface area contributed by atoms with Crippen LogP contribution in [0.2, 0.25) is 0 Å². The summed E-state index contributed by atoms with van der Waals surface area (Å²) >= 11 is 1.40. The summed E-state index contributed by atoms with van der Waals surface area (Å²) in [6, 6.07) is 27.9. The molecule has 0 radical (unpaired) electrons. The Hall–Kier alpha value is -3.58. The van der Waals surface area contributed by atoms with Crippen LogP contribution in [0.4, 0.5) is 0 Å². The molecule has 174 valence electrons. The molecule has 1 unspecified atom stereocenters. The van der Waals surface area contributed by atoms with Crippen molar-refractivity contribution in [1.82, 2.24) is 20.1 Å². The summed E-state index contributed by atoms with van der Waals surface area (Å²) in [5, 5.41) is 12.3. The van der Waals surface area contributed by atoms with E-state index in [0.29, 0.717) is 24.7 Å². The molecule has 0 saturated carbocycles. The van der Waals surface area contributed by atoms with Gasteiger partial charge in [-0.15, -0.1) is 10.2 Å². The molecule has 4 rings (SSSR count). The van der Waals surface area contributed by atoms with Crippen LogP contribution < -0.4 is 10.1 Å². The summed E-state index contributed by atoms with van der Waals surface area (Å²) < 4.78 is 7.62. The standard InChI is InChI=1S/C27H28N4O2S/c1-3-33-24-16-14-23(15-17-24)31-25(18-21-10-6-4-7-11-21)29-30-27(31)34-20(2)26(32)28-19-22-12-8-5-9-13-22/h4-17,20H,3,18-19H2,1-2H3,(H,28,32). The van der Waals surface area contributed by atoms with Crippen molar-refractivity contribution in [2.24, 2.45) is 0 Å². The van der Waals surface area contributed by atoms with Gasteiger partial charge >= 0.3 is 0 Å². The van der Waals surface area contributed by atoms with E-state index in [1.165, 1.54) is 11.8 Å². The molecule has 1 amide bonds. The van der Waals surface area contributed by atoms with Crippen molar-refractivity contribution in [2.45, 2.75) is 37.2 Å². The van der Waals surface area contributed by atoms with E-state index in [-0.39, 0.29) is 11.2 Å². The zero-order chi connectivity index (χ0) is 23.8. The molecule has 6 nitrogen and oxygen atoms in total. The van der Waals surface area contributed by atoms with Gasteiger partial charge in [0.15, 0.2) is 5.16 Å².